The molecule has 1 aliphatic rings. The molecule has 3 aromatic rings. The molecule has 2 atom stereocenters. The van der Waals surface area contributed by atoms with Crippen LogP contribution in [0.3, 0.4) is 0 Å². The van der Waals surface area contributed by atoms with Gasteiger partial charge in [-0.2, -0.15) is 9.40 Å². The maximum absolute atomic E-state index is 13.6. The third-order valence-corrected chi connectivity index (χ3v) is 7.90. The SMILES string of the molecule is C=Cc1cc(OCC)ccc1S(=O)(=O)N1C[C@@H](C)[C@@H](n2nc(CC(=O)O)c3ccccc32)C1. The zero-order chi connectivity index (χ0) is 23.8. The van der Waals surface area contributed by atoms with Gasteiger partial charge < -0.3 is 9.84 Å². The van der Waals surface area contributed by atoms with Gasteiger partial charge in [-0.25, -0.2) is 8.42 Å². The summed E-state index contributed by atoms with van der Waals surface area (Å²) in [6, 6.07) is 12.1. The van der Waals surface area contributed by atoms with Crippen molar-refractivity contribution in [1.82, 2.24) is 14.1 Å². The number of carboxylic acids is 1. The van der Waals surface area contributed by atoms with E-state index in [1.165, 1.54) is 10.4 Å². The molecule has 8 nitrogen and oxygen atoms in total. The summed E-state index contributed by atoms with van der Waals surface area (Å²) >= 11 is 0. The minimum atomic E-state index is -3.78. The molecule has 1 aliphatic heterocycles. The Hall–Kier alpha value is -3.17. The van der Waals surface area contributed by atoms with E-state index in [4.69, 9.17) is 4.74 Å². The molecule has 0 unspecified atom stereocenters. The Morgan fingerprint density at radius 2 is 2.03 bits per heavy atom. The van der Waals surface area contributed by atoms with Crippen molar-refractivity contribution < 1.29 is 23.1 Å². The fourth-order valence-corrected chi connectivity index (χ4v) is 6.16. The summed E-state index contributed by atoms with van der Waals surface area (Å²) in [5, 5.41) is 14.6. The van der Waals surface area contributed by atoms with E-state index in [2.05, 4.69) is 11.7 Å². The van der Waals surface area contributed by atoms with E-state index in [0.717, 1.165) is 10.9 Å². The van der Waals surface area contributed by atoms with Gasteiger partial charge in [-0.3, -0.25) is 9.48 Å². The van der Waals surface area contributed by atoms with Crippen molar-refractivity contribution in [3.05, 3.63) is 60.3 Å². The molecule has 4 rings (SSSR count). The number of sulfonamides is 1. The quantitative estimate of drug-likeness (QED) is 0.541. The van der Waals surface area contributed by atoms with E-state index < -0.39 is 16.0 Å². The first kappa shape index (κ1) is 23.0. The zero-order valence-electron chi connectivity index (χ0n) is 18.6. The van der Waals surface area contributed by atoms with Crippen LogP contribution in [0.2, 0.25) is 0 Å². The lowest BCUT2D eigenvalue weighted by Gasteiger charge is -2.19. The fourth-order valence-electron chi connectivity index (χ4n) is 4.42. The summed E-state index contributed by atoms with van der Waals surface area (Å²) < 4.78 is 35.9. The lowest BCUT2D eigenvalue weighted by Crippen LogP contribution is -2.30. The van der Waals surface area contributed by atoms with E-state index in [-0.39, 0.29) is 29.8 Å². The van der Waals surface area contributed by atoms with Crippen LogP contribution in [0.15, 0.2) is 53.9 Å². The van der Waals surface area contributed by atoms with Crippen molar-refractivity contribution in [2.75, 3.05) is 19.7 Å². The molecular formula is C24H27N3O5S. The van der Waals surface area contributed by atoms with Crippen LogP contribution in [0.5, 0.6) is 5.75 Å². The number of aromatic nitrogens is 2. The molecule has 0 bridgehead atoms. The highest BCUT2D eigenvalue weighted by Gasteiger charge is 2.40. The second-order valence-electron chi connectivity index (χ2n) is 8.18. The van der Waals surface area contributed by atoms with Crippen LogP contribution in [0.25, 0.3) is 17.0 Å². The standard InChI is InChI=1S/C24H27N3O5S/c1-4-17-12-18(32-5-2)10-11-23(17)33(30,31)26-14-16(3)22(15-26)27-21-9-7-6-8-19(21)20(25-27)13-24(28)29/h4,6-12,16,22H,1,5,13-15H2,2-3H3,(H,28,29)/t16-,22+/m1/s1. The number of carbonyl (C=O) groups is 1. The number of nitrogens with zero attached hydrogens (tertiary/aromatic N) is 3. The number of rotatable bonds is 8. The number of benzene rings is 2. The number of hydrogen-bond acceptors (Lipinski definition) is 5. The highest BCUT2D eigenvalue weighted by atomic mass is 32.2. The summed E-state index contributed by atoms with van der Waals surface area (Å²) in [4.78, 5) is 11.5. The second kappa shape index (κ2) is 8.99. The number of hydrogen-bond donors (Lipinski definition) is 1. The molecule has 1 fully saturated rings. The van der Waals surface area contributed by atoms with Gasteiger partial charge in [0.25, 0.3) is 0 Å². The fraction of sp³-hybridized carbons (Fsp3) is 0.333. The van der Waals surface area contributed by atoms with Gasteiger partial charge in [0.05, 0.1) is 35.2 Å². The summed E-state index contributed by atoms with van der Waals surface area (Å²) in [6.45, 7) is 8.68. The second-order valence-corrected chi connectivity index (χ2v) is 10.1. The van der Waals surface area contributed by atoms with Crippen LogP contribution in [-0.2, 0) is 21.2 Å². The lowest BCUT2D eigenvalue weighted by atomic mass is 10.1. The minimum Gasteiger partial charge on any atom is -0.494 e. The monoisotopic (exact) mass is 469 g/mol. The molecule has 0 radical (unpaired) electrons. The van der Waals surface area contributed by atoms with Crippen molar-refractivity contribution in [3.63, 3.8) is 0 Å². The Morgan fingerprint density at radius 1 is 1.27 bits per heavy atom. The summed E-state index contributed by atoms with van der Waals surface area (Å²) in [5.41, 5.74) is 1.77. The predicted octanol–water partition coefficient (Wildman–Crippen LogP) is 3.59. The van der Waals surface area contributed by atoms with E-state index in [9.17, 15) is 18.3 Å². The van der Waals surface area contributed by atoms with Crippen molar-refractivity contribution in [2.24, 2.45) is 5.92 Å². The Kier molecular flexibility index (Phi) is 6.27. The highest BCUT2D eigenvalue weighted by Crippen LogP contribution is 2.36. The number of fused-ring (bicyclic) bond motifs is 1. The van der Waals surface area contributed by atoms with Crippen molar-refractivity contribution >= 4 is 33.0 Å². The first-order chi connectivity index (χ1) is 15.8. The topological polar surface area (TPSA) is 102 Å². The van der Waals surface area contributed by atoms with Crippen LogP contribution in [0.1, 0.15) is 31.1 Å². The molecule has 0 saturated carbocycles. The summed E-state index contributed by atoms with van der Waals surface area (Å²) in [7, 11) is -3.78. The number of ether oxygens (including phenoxy) is 1. The number of carboxylic acid groups (broad SMARTS) is 1. The molecule has 2 heterocycles. The van der Waals surface area contributed by atoms with Crippen LogP contribution >= 0.6 is 0 Å². The summed E-state index contributed by atoms with van der Waals surface area (Å²) in [6.07, 6.45) is 1.33. The maximum Gasteiger partial charge on any atom is 0.309 e. The van der Waals surface area contributed by atoms with E-state index >= 15 is 0 Å². The van der Waals surface area contributed by atoms with Gasteiger partial charge in [-0.1, -0.05) is 37.8 Å². The van der Waals surface area contributed by atoms with Gasteiger partial charge in [0.1, 0.15) is 5.75 Å². The molecule has 0 amide bonds. The first-order valence-corrected chi connectivity index (χ1v) is 12.3. The minimum absolute atomic E-state index is 0.0179. The highest BCUT2D eigenvalue weighted by molar-refractivity contribution is 7.89. The molecule has 0 spiro atoms. The molecule has 1 saturated heterocycles. The molecule has 33 heavy (non-hydrogen) atoms. The molecule has 2 aromatic carbocycles. The normalized spacial score (nSPS) is 19.1. The van der Waals surface area contributed by atoms with Gasteiger partial charge in [0, 0.05) is 18.5 Å². The molecule has 174 valence electrons. The third kappa shape index (κ3) is 4.26. The van der Waals surface area contributed by atoms with Crippen molar-refractivity contribution in [3.8, 4) is 5.75 Å². The predicted molar refractivity (Wildman–Crippen MR) is 126 cm³/mol. The Balaban J connectivity index is 1.69. The van der Waals surface area contributed by atoms with E-state index in [1.807, 2.05) is 38.1 Å². The first-order valence-electron chi connectivity index (χ1n) is 10.8. The van der Waals surface area contributed by atoms with Gasteiger partial charge >= 0.3 is 5.97 Å². The van der Waals surface area contributed by atoms with Crippen LogP contribution in [0.4, 0.5) is 0 Å². The smallest absolute Gasteiger partial charge is 0.309 e. The maximum atomic E-state index is 13.6. The molecule has 1 N–H and O–H groups in total. The van der Waals surface area contributed by atoms with Gasteiger partial charge in [-0.15, -0.1) is 0 Å². The van der Waals surface area contributed by atoms with Gasteiger partial charge in [0.2, 0.25) is 10.0 Å². The molecular weight excluding hydrogens is 442 g/mol. The van der Waals surface area contributed by atoms with Gasteiger partial charge in [0.15, 0.2) is 0 Å². The van der Waals surface area contributed by atoms with E-state index in [0.29, 0.717) is 30.2 Å². The van der Waals surface area contributed by atoms with Crippen LogP contribution in [0, 0.1) is 5.92 Å². The lowest BCUT2D eigenvalue weighted by molar-refractivity contribution is -0.136. The van der Waals surface area contributed by atoms with Crippen molar-refractivity contribution in [1.29, 1.82) is 0 Å². The Morgan fingerprint density at radius 3 is 2.73 bits per heavy atom. The van der Waals surface area contributed by atoms with Gasteiger partial charge in [-0.05, 0) is 42.7 Å². The average molecular weight is 470 g/mol. The van der Waals surface area contributed by atoms with Crippen LogP contribution < -0.4 is 4.74 Å². The van der Waals surface area contributed by atoms with E-state index in [1.54, 1.807) is 22.9 Å². The average Bonchev–Trinajstić information content (AvgIpc) is 3.34. The third-order valence-electron chi connectivity index (χ3n) is 5.99. The Labute approximate surface area is 193 Å². The Bertz CT molecular complexity index is 1310. The molecule has 9 heteroatoms. The summed E-state index contributed by atoms with van der Waals surface area (Å²) in [5.74, 6) is -0.384. The van der Waals surface area contributed by atoms with Crippen LogP contribution in [-0.4, -0.2) is 53.3 Å². The number of aliphatic carboxylic acids is 1. The number of para-hydroxylation sites is 1. The van der Waals surface area contributed by atoms with Crippen molar-refractivity contribution in [2.45, 2.75) is 31.2 Å². The zero-order valence-corrected chi connectivity index (χ0v) is 19.5. The largest absolute Gasteiger partial charge is 0.494 e. The molecule has 1 aromatic heterocycles. The molecule has 0 aliphatic carbocycles.